The van der Waals surface area contributed by atoms with Crippen molar-refractivity contribution in [1.82, 2.24) is 0 Å². The molecule has 0 unspecified atom stereocenters. The number of hydrogen-bond acceptors (Lipinski definition) is 4. The highest BCUT2D eigenvalue weighted by atomic mass is 16.5. The highest BCUT2D eigenvalue weighted by molar-refractivity contribution is 5.93. The molecule has 0 radical (unpaired) electrons. The average Bonchev–Trinajstić information content (AvgIpc) is 2.25. The fourth-order valence-electron chi connectivity index (χ4n) is 2.00. The van der Waals surface area contributed by atoms with Crippen LogP contribution < -0.4 is 16.2 Å². The van der Waals surface area contributed by atoms with Crippen molar-refractivity contribution in [2.24, 2.45) is 11.5 Å². The fraction of sp³-hybridized carbons (Fsp3) is 0.417. The monoisotopic (exact) mass is 236 g/mol. The molecule has 1 heterocycles. The highest BCUT2D eigenvalue weighted by Gasteiger charge is 2.41. The molecule has 2 atom stereocenters. The van der Waals surface area contributed by atoms with E-state index < -0.39 is 23.7 Å². The molecule has 0 saturated carbocycles. The van der Waals surface area contributed by atoms with Gasteiger partial charge in [0.25, 0.3) is 0 Å². The van der Waals surface area contributed by atoms with E-state index in [1.165, 1.54) is 0 Å². The molecule has 5 nitrogen and oxygen atoms in total. The van der Waals surface area contributed by atoms with Crippen LogP contribution in [0.3, 0.4) is 0 Å². The van der Waals surface area contributed by atoms with Crippen molar-refractivity contribution in [2.75, 3.05) is 0 Å². The van der Waals surface area contributed by atoms with Crippen molar-refractivity contribution < 1.29 is 14.6 Å². The van der Waals surface area contributed by atoms with Crippen LogP contribution >= 0.6 is 0 Å². The van der Waals surface area contributed by atoms with Gasteiger partial charge in [-0.2, -0.15) is 0 Å². The molecule has 5 N–H and O–H groups in total. The van der Waals surface area contributed by atoms with Crippen LogP contribution in [0, 0.1) is 0 Å². The molecule has 1 aliphatic rings. The zero-order chi connectivity index (χ0) is 12.8. The molecule has 1 aromatic rings. The molecule has 0 bridgehead atoms. The Balaban J connectivity index is 2.50. The Bertz CT molecular complexity index is 471. The zero-order valence-electron chi connectivity index (χ0n) is 9.81. The molecular formula is C12H16N2O3. The Hall–Kier alpha value is -1.59. The highest BCUT2D eigenvalue weighted by Crippen LogP contribution is 2.38. The predicted octanol–water partition coefficient (Wildman–Crippen LogP) is 0.317. The van der Waals surface area contributed by atoms with Gasteiger partial charge in [-0.15, -0.1) is 0 Å². The first-order chi connectivity index (χ1) is 7.83. The van der Waals surface area contributed by atoms with Crippen molar-refractivity contribution in [2.45, 2.75) is 31.6 Å². The van der Waals surface area contributed by atoms with E-state index in [1.807, 2.05) is 0 Å². The summed E-state index contributed by atoms with van der Waals surface area (Å²) in [7, 11) is 0. The second-order valence-electron chi connectivity index (χ2n) is 4.79. The number of rotatable bonds is 1. The molecule has 0 aromatic heterocycles. The number of fused-ring (bicyclic) bond motifs is 1. The van der Waals surface area contributed by atoms with E-state index >= 15 is 0 Å². The third kappa shape index (κ3) is 1.87. The first-order valence-electron chi connectivity index (χ1n) is 5.39. The lowest BCUT2D eigenvalue weighted by molar-refractivity contribution is -0.0571. The van der Waals surface area contributed by atoms with Gasteiger partial charge in [-0.25, -0.2) is 0 Å². The Morgan fingerprint density at radius 3 is 2.71 bits per heavy atom. The maximum atomic E-state index is 11.1. The zero-order valence-corrected chi connectivity index (χ0v) is 9.81. The number of primary amides is 1. The SMILES string of the molecule is CC1(C)Oc2ccc(C(N)=O)cc2[C@H](N)[C@H]1O. The maximum Gasteiger partial charge on any atom is 0.248 e. The molecule has 0 aliphatic carbocycles. The summed E-state index contributed by atoms with van der Waals surface area (Å²) >= 11 is 0. The summed E-state index contributed by atoms with van der Waals surface area (Å²) in [5, 5.41) is 10.0. The number of aliphatic hydroxyl groups is 1. The van der Waals surface area contributed by atoms with Gasteiger partial charge in [-0.1, -0.05) is 0 Å². The van der Waals surface area contributed by atoms with E-state index in [0.29, 0.717) is 16.9 Å². The third-order valence-corrected chi connectivity index (χ3v) is 3.08. The molecule has 0 spiro atoms. The quantitative estimate of drug-likeness (QED) is 0.653. The first kappa shape index (κ1) is 11.9. The molecule has 1 amide bonds. The number of hydrogen-bond donors (Lipinski definition) is 3. The van der Waals surface area contributed by atoms with Crippen LogP contribution in [0.15, 0.2) is 18.2 Å². The van der Waals surface area contributed by atoms with Gasteiger partial charge in [0.1, 0.15) is 17.5 Å². The van der Waals surface area contributed by atoms with Crippen molar-refractivity contribution in [3.05, 3.63) is 29.3 Å². The normalized spacial score (nSPS) is 25.9. The van der Waals surface area contributed by atoms with E-state index in [-0.39, 0.29) is 0 Å². The topological polar surface area (TPSA) is 98.6 Å². The lowest BCUT2D eigenvalue weighted by Crippen LogP contribution is -2.51. The lowest BCUT2D eigenvalue weighted by Gasteiger charge is -2.40. The summed E-state index contributed by atoms with van der Waals surface area (Å²) in [6.45, 7) is 3.53. The average molecular weight is 236 g/mol. The number of ether oxygens (including phenoxy) is 1. The minimum atomic E-state index is -0.835. The Morgan fingerprint density at radius 2 is 2.12 bits per heavy atom. The Labute approximate surface area is 99.4 Å². The standard InChI is InChI=1S/C12H16N2O3/c1-12(2)10(15)9(13)7-5-6(11(14)16)3-4-8(7)17-12/h3-5,9-10,15H,13H2,1-2H3,(H2,14,16)/t9-,10+/m0/s1. The Morgan fingerprint density at radius 1 is 1.47 bits per heavy atom. The molecule has 0 saturated heterocycles. The van der Waals surface area contributed by atoms with Crippen LogP contribution in [0.25, 0.3) is 0 Å². The van der Waals surface area contributed by atoms with E-state index in [9.17, 15) is 9.90 Å². The van der Waals surface area contributed by atoms with Gasteiger partial charge >= 0.3 is 0 Å². The van der Waals surface area contributed by atoms with Gasteiger partial charge in [-0.3, -0.25) is 4.79 Å². The van der Waals surface area contributed by atoms with Crippen LogP contribution in [-0.2, 0) is 0 Å². The molecule has 92 valence electrons. The predicted molar refractivity (Wildman–Crippen MR) is 62.6 cm³/mol. The number of carbonyl (C=O) groups is 1. The molecule has 0 fully saturated rings. The maximum absolute atomic E-state index is 11.1. The van der Waals surface area contributed by atoms with Gasteiger partial charge in [-0.05, 0) is 32.0 Å². The minimum Gasteiger partial charge on any atom is -0.485 e. The second kappa shape index (κ2) is 3.72. The van der Waals surface area contributed by atoms with E-state index in [1.54, 1.807) is 32.0 Å². The summed E-state index contributed by atoms with van der Waals surface area (Å²) < 4.78 is 5.65. The lowest BCUT2D eigenvalue weighted by atomic mass is 9.86. The molecule has 2 rings (SSSR count). The summed E-state index contributed by atoms with van der Waals surface area (Å²) in [6.07, 6.45) is -0.835. The molecule has 1 aliphatic heterocycles. The van der Waals surface area contributed by atoms with Crippen molar-refractivity contribution in [3.63, 3.8) is 0 Å². The van der Waals surface area contributed by atoms with E-state index in [0.717, 1.165) is 0 Å². The van der Waals surface area contributed by atoms with Crippen molar-refractivity contribution in [3.8, 4) is 5.75 Å². The van der Waals surface area contributed by atoms with Gasteiger partial charge < -0.3 is 21.3 Å². The number of aliphatic hydroxyl groups excluding tert-OH is 1. The molecule has 1 aromatic carbocycles. The third-order valence-electron chi connectivity index (χ3n) is 3.08. The number of carbonyl (C=O) groups excluding carboxylic acids is 1. The minimum absolute atomic E-state index is 0.356. The van der Waals surface area contributed by atoms with Crippen molar-refractivity contribution >= 4 is 5.91 Å². The number of amides is 1. The number of nitrogens with two attached hydrogens (primary N) is 2. The van der Waals surface area contributed by atoms with Gasteiger partial charge in [0.15, 0.2) is 0 Å². The fourth-order valence-corrected chi connectivity index (χ4v) is 2.00. The number of benzene rings is 1. The summed E-state index contributed by atoms with van der Waals surface area (Å²) in [5.74, 6) is 0.0529. The molecule has 17 heavy (non-hydrogen) atoms. The molecule has 5 heteroatoms. The van der Waals surface area contributed by atoms with Gasteiger partial charge in [0, 0.05) is 11.1 Å². The van der Waals surface area contributed by atoms with Crippen molar-refractivity contribution in [1.29, 1.82) is 0 Å². The summed E-state index contributed by atoms with van der Waals surface area (Å²) in [5.41, 5.74) is 11.4. The second-order valence-corrected chi connectivity index (χ2v) is 4.79. The van der Waals surface area contributed by atoms with E-state index in [4.69, 9.17) is 16.2 Å². The summed E-state index contributed by atoms with van der Waals surface area (Å²) in [4.78, 5) is 11.1. The molecular weight excluding hydrogens is 220 g/mol. The Kier molecular flexibility index (Phi) is 2.60. The van der Waals surface area contributed by atoms with Crippen LogP contribution in [0.4, 0.5) is 0 Å². The summed E-state index contributed by atoms with van der Waals surface area (Å²) in [6, 6.07) is 4.22. The van der Waals surface area contributed by atoms with Crippen LogP contribution in [0.2, 0.25) is 0 Å². The smallest absolute Gasteiger partial charge is 0.248 e. The van der Waals surface area contributed by atoms with Crippen LogP contribution in [-0.4, -0.2) is 22.7 Å². The van der Waals surface area contributed by atoms with Crippen LogP contribution in [0.1, 0.15) is 35.8 Å². The van der Waals surface area contributed by atoms with Crippen LogP contribution in [0.5, 0.6) is 5.75 Å². The first-order valence-corrected chi connectivity index (χ1v) is 5.39. The van der Waals surface area contributed by atoms with Gasteiger partial charge in [0.05, 0.1) is 6.04 Å². The largest absolute Gasteiger partial charge is 0.485 e. The van der Waals surface area contributed by atoms with E-state index in [2.05, 4.69) is 0 Å². The van der Waals surface area contributed by atoms with Gasteiger partial charge in [0.2, 0.25) is 5.91 Å².